The maximum Gasteiger partial charge on any atom is 0.364 e. The van der Waals surface area contributed by atoms with Crippen molar-refractivity contribution in [3.8, 4) is 0 Å². The van der Waals surface area contributed by atoms with E-state index in [4.69, 9.17) is 47.4 Å². The second-order valence-corrected chi connectivity index (χ2v) is 17.6. The summed E-state index contributed by atoms with van der Waals surface area (Å²) in [4.78, 5) is 36.3. The highest BCUT2D eigenvalue weighted by molar-refractivity contribution is 5.76. The molecule has 5 heterocycles. The van der Waals surface area contributed by atoms with Crippen molar-refractivity contribution in [3.63, 3.8) is 0 Å². The molecule has 33 nitrogen and oxygen atoms in total. The van der Waals surface area contributed by atoms with Gasteiger partial charge in [-0.1, -0.05) is 0 Å². The van der Waals surface area contributed by atoms with E-state index in [0.29, 0.717) is 0 Å². The predicted molar refractivity (Wildman–Crippen MR) is 219 cm³/mol. The van der Waals surface area contributed by atoms with Gasteiger partial charge in [-0.05, 0) is 0 Å². The summed E-state index contributed by atoms with van der Waals surface area (Å²) in [6, 6.07) is -2.79. The second-order valence-electron chi connectivity index (χ2n) is 17.6. The Balaban J connectivity index is 1.37. The third kappa shape index (κ3) is 13.1. The standard InChI is InChI=1S/C39H66N2O31/c1-11(49)41-19-31(70-37-28(60)33(23(55)16(6-45)65-37)72-39(38(61)62)2-13(50)20(52)32(71-39)21(53)14(51)4-43)22(54)15(5-44)64-34(19)68-29-18(8-47)67-36(27(59)25(29)57)69-30-17(7-46)66-35(26(58)24(30)56)63-9-12(3-42)40-10-48/h10,12-37,42-47,50-60H,2-9H2,1H3,(H,40,48)(H,41,49)(H,61,62)/t12-,13+,14-,15-,16-,17-,18-,19-,20-,21-,22+,23+,24-,25-,26-,27-,28-,29+,30-,31-,32-,33+,34+,35-,36+,37+,39+/m1/s1. The average molecular weight is 1060 g/mol. The topological polar surface area (TPSA) is 532 Å². The van der Waals surface area contributed by atoms with Crippen LogP contribution in [0.15, 0.2) is 0 Å². The van der Waals surface area contributed by atoms with Gasteiger partial charge < -0.3 is 150 Å². The van der Waals surface area contributed by atoms with E-state index in [-0.39, 0.29) is 6.41 Å². The van der Waals surface area contributed by atoms with Crippen molar-refractivity contribution < 1.29 is 154 Å². The van der Waals surface area contributed by atoms with Crippen LogP contribution in [-0.4, -0.2) is 322 Å². The number of hydrogen-bond donors (Lipinski definition) is 20. The predicted octanol–water partition coefficient (Wildman–Crippen LogP) is -13.4. The summed E-state index contributed by atoms with van der Waals surface area (Å²) >= 11 is 0. The smallest absolute Gasteiger partial charge is 0.364 e. The van der Waals surface area contributed by atoms with Crippen molar-refractivity contribution >= 4 is 18.3 Å². The van der Waals surface area contributed by atoms with Crippen molar-refractivity contribution in [1.29, 1.82) is 0 Å². The Kier molecular flexibility index (Phi) is 22.1. The van der Waals surface area contributed by atoms with Crippen LogP contribution in [0.5, 0.6) is 0 Å². The largest absolute Gasteiger partial charge is 0.477 e. The highest BCUT2D eigenvalue weighted by atomic mass is 16.8. The summed E-state index contributed by atoms with van der Waals surface area (Å²) in [6.07, 6.45) is -49.4. The number of aliphatic carboxylic acids is 1. The molecule has 418 valence electrons. The first-order chi connectivity index (χ1) is 34.1. The molecule has 5 aliphatic rings. The summed E-state index contributed by atoms with van der Waals surface area (Å²) < 4.78 is 56.4. The fraction of sp³-hybridized carbons (Fsp3) is 0.923. The summed E-state index contributed by atoms with van der Waals surface area (Å²) in [6.45, 7) is -5.34. The van der Waals surface area contributed by atoms with Crippen molar-refractivity contribution in [2.75, 3.05) is 46.2 Å². The van der Waals surface area contributed by atoms with Crippen LogP contribution >= 0.6 is 0 Å². The van der Waals surface area contributed by atoms with Crippen LogP contribution in [0.25, 0.3) is 0 Å². The van der Waals surface area contributed by atoms with E-state index in [1.807, 2.05) is 0 Å². The van der Waals surface area contributed by atoms with E-state index in [1.165, 1.54) is 0 Å². The van der Waals surface area contributed by atoms with Gasteiger partial charge in [-0.25, -0.2) is 4.79 Å². The fourth-order valence-corrected chi connectivity index (χ4v) is 8.69. The number of carbonyl (C=O) groups excluding carboxylic acids is 2. The van der Waals surface area contributed by atoms with Gasteiger partial charge in [0.2, 0.25) is 12.3 Å². The van der Waals surface area contributed by atoms with Crippen LogP contribution in [0.2, 0.25) is 0 Å². The Morgan fingerprint density at radius 2 is 1.11 bits per heavy atom. The molecular formula is C39H66N2O31. The molecule has 0 unspecified atom stereocenters. The van der Waals surface area contributed by atoms with Crippen molar-refractivity contribution in [2.24, 2.45) is 0 Å². The molecule has 33 heteroatoms. The Labute approximate surface area is 407 Å². The number of hydrogen-bond acceptors (Lipinski definition) is 30. The molecular weight excluding hydrogens is 992 g/mol. The Morgan fingerprint density at radius 1 is 0.625 bits per heavy atom. The maximum atomic E-state index is 12.8. The molecule has 20 N–H and O–H groups in total. The summed E-state index contributed by atoms with van der Waals surface area (Å²) in [5, 5.41) is 195. The molecule has 5 rings (SSSR count). The van der Waals surface area contributed by atoms with E-state index < -0.39 is 230 Å². The monoisotopic (exact) mass is 1060 g/mol. The molecule has 27 atom stereocenters. The molecule has 0 aromatic rings. The van der Waals surface area contributed by atoms with Crippen molar-refractivity contribution in [1.82, 2.24) is 10.6 Å². The first-order valence-corrected chi connectivity index (χ1v) is 22.5. The summed E-state index contributed by atoms with van der Waals surface area (Å²) in [5.74, 6) is -6.19. The van der Waals surface area contributed by atoms with Gasteiger partial charge in [0.1, 0.15) is 122 Å². The van der Waals surface area contributed by atoms with E-state index in [0.717, 1.165) is 6.92 Å². The van der Waals surface area contributed by atoms with E-state index in [2.05, 4.69) is 10.6 Å². The lowest BCUT2D eigenvalue weighted by Crippen LogP contribution is -2.71. The maximum absolute atomic E-state index is 12.8. The molecule has 0 bridgehead atoms. The molecule has 5 aliphatic heterocycles. The van der Waals surface area contributed by atoms with Gasteiger partial charge in [0.25, 0.3) is 5.79 Å². The minimum absolute atomic E-state index is 0.273. The Hall–Kier alpha value is -2.67. The van der Waals surface area contributed by atoms with Crippen LogP contribution < -0.4 is 10.6 Å². The number of carboxylic acids is 1. The Bertz CT molecular complexity index is 1710. The lowest BCUT2D eigenvalue weighted by atomic mass is 9.90. The third-order valence-electron chi connectivity index (χ3n) is 12.7. The van der Waals surface area contributed by atoms with Crippen LogP contribution in [0.4, 0.5) is 0 Å². The zero-order valence-electron chi connectivity index (χ0n) is 38.1. The molecule has 0 spiro atoms. The zero-order chi connectivity index (χ0) is 53.5. The van der Waals surface area contributed by atoms with Crippen LogP contribution in [0.3, 0.4) is 0 Å². The fourth-order valence-electron chi connectivity index (χ4n) is 8.69. The lowest BCUT2D eigenvalue weighted by Gasteiger charge is -2.51. The first kappa shape index (κ1) is 60.2. The molecule has 0 aliphatic carbocycles. The number of amides is 2. The first-order valence-electron chi connectivity index (χ1n) is 22.5. The number of aliphatic hydroxyl groups is 17. The van der Waals surface area contributed by atoms with Gasteiger partial charge in [0, 0.05) is 13.3 Å². The number of nitrogens with one attached hydrogen (secondary N) is 2. The quantitative estimate of drug-likeness (QED) is 0.0423. The van der Waals surface area contributed by atoms with Gasteiger partial charge in [0.05, 0.1) is 58.4 Å². The Morgan fingerprint density at radius 3 is 1.62 bits per heavy atom. The molecule has 0 saturated carbocycles. The highest BCUT2D eigenvalue weighted by Crippen LogP contribution is 2.39. The molecule has 0 aromatic carbocycles. The molecule has 5 fully saturated rings. The summed E-state index contributed by atoms with van der Waals surface area (Å²) in [7, 11) is 0. The number of carbonyl (C=O) groups is 3. The highest BCUT2D eigenvalue weighted by Gasteiger charge is 2.61. The van der Waals surface area contributed by atoms with Gasteiger partial charge in [-0.3, -0.25) is 9.59 Å². The number of carboxylic acid groups (broad SMARTS) is 1. The minimum atomic E-state index is -3.20. The van der Waals surface area contributed by atoms with Crippen LogP contribution in [-0.2, 0) is 61.8 Å². The van der Waals surface area contributed by atoms with Gasteiger partial charge in [0.15, 0.2) is 25.2 Å². The van der Waals surface area contributed by atoms with Gasteiger partial charge in [-0.15, -0.1) is 0 Å². The summed E-state index contributed by atoms with van der Waals surface area (Å²) in [5.41, 5.74) is 0. The van der Waals surface area contributed by atoms with E-state index in [9.17, 15) is 106 Å². The second kappa shape index (κ2) is 26.4. The van der Waals surface area contributed by atoms with Crippen LogP contribution in [0.1, 0.15) is 13.3 Å². The molecule has 0 aromatic heterocycles. The SMILES string of the molecule is CC(=O)N[C@H]1[C@H](O[C@@H]2[C@H](O)[C@@H](O)[C@H](O[C@H]3[C@H](O)[C@@H](O)[C@H](OC[C@@H](CO)NC=O)O[C@@H]3CO)O[C@@H]2CO)O[C@H](CO)[C@H](O)[C@@H]1O[C@@H]1O[C@H](CO)[C@H](O)[C@H](O[C@]2(C(=O)O)C[C@H](O)[C@@H](O)[C@H]([C@H](O)[C@H](O)CO)O2)[C@H]1O. The third-order valence-corrected chi connectivity index (χ3v) is 12.7. The number of aliphatic hydroxyl groups excluding tert-OH is 17. The van der Waals surface area contributed by atoms with Gasteiger partial charge >= 0.3 is 5.97 Å². The minimum Gasteiger partial charge on any atom is -0.477 e. The van der Waals surface area contributed by atoms with Crippen molar-refractivity contribution in [3.05, 3.63) is 0 Å². The molecule has 2 amide bonds. The van der Waals surface area contributed by atoms with Gasteiger partial charge in [-0.2, -0.15) is 0 Å². The van der Waals surface area contributed by atoms with E-state index in [1.54, 1.807) is 0 Å². The molecule has 0 radical (unpaired) electrons. The van der Waals surface area contributed by atoms with E-state index >= 15 is 0 Å². The molecule has 72 heavy (non-hydrogen) atoms. The lowest BCUT2D eigenvalue weighted by molar-refractivity contribution is -0.391. The molecule has 5 saturated heterocycles. The number of ether oxygens (including phenoxy) is 10. The van der Waals surface area contributed by atoms with Crippen molar-refractivity contribution in [2.45, 2.75) is 178 Å². The zero-order valence-corrected chi connectivity index (χ0v) is 38.1. The van der Waals surface area contributed by atoms with Crippen LogP contribution in [0, 0.1) is 0 Å². The number of rotatable bonds is 23. The normalized spacial score (nSPS) is 45.1. The average Bonchev–Trinajstić information content (AvgIpc) is 3.35.